The lowest BCUT2D eigenvalue weighted by molar-refractivity contribution is 0.101. The maximum Gasteiger partial charge on any atom is 0.272 e. The number of carbonyl (C=O) groups excluding carboxylic acids is 1. The van der Waals surface area contributed by atoms with Crippen molar-refractivity contribution in [1.29, 1.82) is 0 Å². The van der Waals surface area contributed by atoms with E-state index in [1.54, 1.807) is 6.20 Å². The van der Waals surface area contributed by atoms with Gasteiger partial charge in [0.15, 0.2) is 0 Å². The van der Waals surface area contributed by atoms with Gasteiger partial charge in [0.05, 0.1) is 28.4 Å². The van der Waals surface area contributed by atoms with Crippen LogP contribution in [0.4, 0.5) is 5.69 Å². The van der Waals surface area contributed by atoms with E-state index in [9.17, 15) is 4.79 Å². The number of aryl methyl sites for hydroxylation is 2. The number of benzene rings is 1. The van der Waals surface area contributed by atoms with Gasteiger partial charge in [-0.1, -0.05) is 18.2 Å². The molecular weight excluding hydrogens is 324 g/mol. The molecule has 0 saturated heterocycles. The summed E-state index contributed by atoms with van der Waals surface area (Å²) in [5.41, 5.74) is 5.61. The first-order chi connectivity index (χ1) is 12.5. The van der Waals surface area contributed by atoms with Gasteiger partial charge in [0.25, 0.3) is 5.91 Å². The molecular formula is C21H22N4O. The van der Waals surface area contributed by atoms with Crippen LogP contribution in [0.5, 0.6) is 0 Å². The van der Waals surface area contributed by atoms with Gasteiger partial charge in [-0.15, -0.1) is 0 Å². The highest BCUT2D eigenvalue weighted by molar-refractivity contribution is 6.12. The molecule has 0 saturated carbocycles. The molecule has 0 bridgehead atoms. The Kier molecular flexibility index (Phi) is 3.80. The first-order valence-corrected chi connectivity index (χ1v) is 8.79. The molecule has 1 amide bonds. The summed E-state index contributed by atoms with van der Waals surface area (Å²) in [6.07, 6.45) is 1.69. The molecule has 0 aliphatic rings. The number of amides is 1. The minimum absolute atomic E-state index is 0.121. The van der Waals surface area contributed by atoms with Crippen molar-refractivity contribution in [1.82, 2.24) is 14.1 Å². The Morgan fingerprint density at radius 2 is 1.88 bits per heavy atom. The van der Waals surface area contributed by atoms with Crippen LogP contribution in [0.25, 0.3) is 21.9 Å². The van der Waals surface area contributed by atoms with Crippen LogP contribution in [0.3, 0.4) is 0 Å². The summed E-state index contributed by atoms with van der Waals surface area (Å²) >= 11 is 0. The summed E-state index contributed by atoms with van der Waals surface area (Å²) < 4.78 is 4.27. The van der Waals surface area contributed by atoms with Crippen molar-refractivity contribution in [3.63, 3.8) is 0 Å². The topological polar surface area (TPSA) is 51.9 Å². The van der Waals surface area contributed by atoms with E-state index in [1.165, 1.54) is 5.52 Å². The second-order valence-corrected chi connectivity index (χ2v) is 6.95. The van der Waals surface area contributed by atoms with Crippen LogP contribution in [0.1, 0.15) is 36.1 Å². The van der Waals surface area contributed by atoms with Gasteiger partial charge in [0.1, 0.15) is 5.69 Å². The fourth-order valence-electron chi connectivity index (χ4n) is 3.58. The van der Waals surface area contributed by atoms with Crippen LogP contribution in [-0.2, 0) is 7.05 Å². The standard InChI is InChI=1S/C21H22N4O/c1-13(2)25-19(21(26)23-15-10-9-14(3)22-12-15)11-18-20(25)16-7-5-6-8-17(16)24(18)4/h5-13H,1-4H3,(H,23,26). The average Bonchev–Trinajstić information content (AvgIpc) is 3.14. The van der Waals surface area contributed by atoms with Crippen LogP contribution in [0.15, 0.2) is 48.7 Å². The molecule has 3 heterocycles. The molecule has 0 aliphatic heterocycles. The van der Waals surface area contributed by atoms with Gasteiger partial charge in [0, 0.05) is 24.2 Å². The summed E-state index contributed by atoms with van der Waals surface area (Å²) in [6, 6.07) is 14.2. The van der Waals surface area contributed by atoms with E-state index in [2.05, 4.69) is 45.4 Å². The molecule has 0 fully saturated rings. The highest BCUT2D eigenvalue weighted by Gasteiger charge is 2.22. The highest BCUT2D eigenvalue weighted by Crippen LogP contribution is 2.33. The van der Waals surface area contributed by atoms with E-state index in [-0.39, 0.29) is 11.9 Å². The fourth-order valence-corrected chi connectivity index (χ4v) is 3.58. The molecule has 0 spiro atoms. The van der Waals surface area contributed by atoms with Crippen LogP contribution >= 0.6 is 0 Å². The molecule has 0 unspecified atom stereocenters. The Labute approximate surface area is 152 Å². The Morgan fingerprint density at radius 1 is 1.12 bits per heavy atom. The lowest BCUT2D eigenvalue weighted by atomic mass is 10.2. The number of nitrogens with zero attached hydrogens (tertiary/aromatic N) is 3. The third-order valence-corrected chi connectivity index (χ3v) is 4.82. The number of rotatable bonds is 3. The molecule has 0 aliphatic carbocycles. The molecule has 0 atom stereocenters. The zero-order valence-electron chi connectivity index (χ0n) is 15.4. The largest absolute Gasteiger partial charge is 0.342 e. The van der Waals surface area contributed by atoms with E-state index < -0.39 is 0 Å². The number of para-hydroxylation sites is 1. The van der Waals surface area contributed by atoms with Gasteiger partial charge in [-0.2, -0.15) is 0 Å². The number of carbonyl (C=O) groups is 1. The van der Waals surface area contributed by atoms with Gasteiger partial charge in [0.2, 0.25) is 0 Å². The number of anilines is 1. The van der Waals surface area contributed by atoms with Crippen LogP contribution < -0.4 is 5.32 Å². The van der Waals surface area contributed by atoms with E-state index in [1.807, 2.05) is 44.3 Å². The minimum Gasteiger partial charge on any atom is -0.342 e. The van der Waals surface area contributed by atoms with Crippen LogP contribution in [0.2, 0.25) is 0 Å². The van der Waals surface area contributed by atoms with Crippen molar-refractivity contribution < 1.29 is 4.79 Å². The average molecular weight is 346 g/mol. The van der Waals surface area contributed by atoms with Crippen molar-refractivity contribution in [2.24, 2.45) is 7.05 Å². The van der Waals surface area contributed by atoms with E-state index in [0.29, 0.717) is 11.4 Å². The third kappa shape index (κ3) is 2.47. The fraction of sp³-hybridized carbons (Fsp3) is 0.238. The zero-order chi connectivity index (χ0) is 18.4. The molecule has 1 N–H and O–H groups in total. The molecule has 5 nitrogen and oxygen atoms in total. The number of pyridine rings is 1. The predicted octanol–water partition coefficient (Wildman–Crippen LogP) is 4.67. The minimum atomic E-state index is -0.121. The van der Waals surface area contributed by atoms with Gasteiger partial charge in [-0.3, -0.25) is 9.78 Å². The van der Waals surface area contributed by atoms with Gasteiger partial charge >= 0.3 is 0 Å². The summed E-state index contributed by atoms with van der Waals surface area (Å²) in [6.45, 7) is 6.13. The lowest BCUT2D eigenvalue weighted by Gasteiger charge is -2.14. The molecule has 26 heavy (non-hydrogen) atoms. The summed E-state index contributed by atoms with van der Waals surface area (Å²) in [5.74, 6) is -0.121. The number of nitrogens with one attached hydrogen (secondary N) is 1. The van der Waals surface area contributed by atoms with Gasteiger partial charge in [-0.05, 0) is 45.0 Å². The van der Waals surface area contributed by atoms with Crippen molar-refractivity contribution in [3.8, 4) is 0 Å². The number of hydrogen-bond donors (Lipinski definition) is 1. The smallest absolute Gasteiger partial charge is 0.272 e. The Morgan fingerprint density at radius 3 is 2.58 bits per heavy atom. The third-order valence-electron chi connectivity index (χ3n) is 4.82. The molecule has 0 radical (unpaired) electrons. The molecule has 132 valence electrons. The first kappa shape index (κ1) is 16.4. The Bertz CT molecular complexity index is 1120. The highest BCUT2D eigenvalue weighted by atomic mass is 16.2. The van der Waals surface area contributed by atoms with Crippen molar-refractivity contribution in [3.05, 3.63) is 60.0 Å². The van der Waals surface area contributed by atoms with Crippen LogP contribution in [-0.4, -0.2) is 20.0 Å². The second kappa shape index (κ2) is 6.02. The summed E-state index contributed by atoms with van der Waals surface area (Å²) in [7, 11) is 2.04. The summed E-state index contributed by atoms with van der Waals surface area (Å²) in [4.78, 5) is 17.2. The number of fused-ring (bicyclic) bond motifs is 3. The first-order valence-electron chi connectivity index (χ1n) is 8.79. The second-order valence-electron chi connectivity index (χ2n) is 6.95. The van der Waals surface area contributed by atoms with Gasteiger partial charge < -0.3 is 14.5 Å². The SMILES string of the molecule is Cc1ccc(NC(=O)c2cc3c(c4ccccc4n3C)n2C(C)C)cn1. The monoisotopic (exact) mass is 346 g/mol. The predicted molar refractivity (Wildman–Crippen MR) is 106 cm³/mol. The van der Waals surface area contributed by atoms with Crippen LogP contribution in [0, 0.1) is 6.92 Å². The Balaban J connectivity index is 1.87. The van der Waals surface area contributed by atoms with Crippen molar-refractivity contribution in [2.75, 3.05) is 5.32 Å². The molecule has 5 heteroatoms. The normalized spacial score (nSPS) is 11.6. The maximum atomic E-state index is 13.0. The quantitative estimate of drug-likeness (QED) is 0.586. The number of hydrogen-bond acceptors (Lipinski definition) is 2. The van der Waals surface area contributed by atoms with Crippen molar-refractivity contribution in [2.45, 2.75) is 26.8 Å². The molecule has 1 aromatic carbocycles. The van der Waals surface area contributed by atoms with E-state index in [4.69, 9.17) is 0 Å². The zero-order valence-corrected chi connectivity index (χ0v) is 15.4. The van der Waals surface area contributed by atoms with E-state index >= 15 is 0 Å². The summed E-state index contributed by atoms with van der Waals surface area (Å²) in [5, 5.41) is 4.13. The molecule has 4 aromatic rings. The lowest BCUT2D eigenvalue weighted by Crippen LogP contribution is -2.18. The van der Waals surface area contributed by atoms with Crippen molar-refractivity contribution >= 4 is 33.5 Å². The Hall–Kier alpha value is -3.08. The van der Waals surface area contributed by atoms with E-state index in [0.717, 1.165) is 22.1 Å². The molecule has 4 rings (SSSR count). The maximum absolute atomic E-state index is 13.0. The number of aromatic nitrogens is 3. The van der Waals surface area contributed by atoms with Gasteiger partial charge in [-0.25, -0.2) is 0 Å². The molecule has 3 aromatic heterocycles.